The molecule has 0 bridgehead atoms. The summed E-state index contributed by atoms with van der Waals surface area (Å²) in [6, 6.07) is 4.76. The van der Waals surface area contributed by atoms with Crippen LogP contribution in [0.1, 0.15) is 13.8 Å². The molecule has 27 heavy (non-hydrogen) atoms. The van der Waals surface area contributed by atoms with Gasteiger partial charge >= 0.3 is 5.97 Å². The molecule has 0 spiro atoms. The summed E-state index contributed by atoms with van der Waals surface area (Å²) in [7, 11) is -1.25. The van der Waals surface area contributed by atoms with Crippen LogP contribution >= 0.6 is 11.8 Å². The van der Waals surface area contributed by atoms with Crippen LogP contribution in [0.3, 0.4) is 0 Å². The lowest BCUT2D eigenvalue weighted by molar-refractivity contribution is -0.143. The summed E-state index contributed by atoms with van der Waals surface area (Å²) in [5, 5.41) is 8.71. The first-order valence-corrected chi connectivity index (χ1v) is 10.7. The minimum atomic E-state index is -3.95. The molecule has 0 radical (unpaired) electrons. The van der Waals surface area contributed by atoms with Crippen molar-refractivity contribution in [3.05, 3.63) is 24.3 Å². The van der Waals surface area contributed by atoms with Crippen LogP contribution in [-0.4, -0.2) is 70.1 Å². The van der Waals surface area contributed by atoms with Crippen molar-refractivity contribution in [3.63, 3.8) is 0 Å². The van der Waals surface area contributed by atoms with E-state index in [2.05, 4.69) is 4.72 Å². The fourth-order valence-corrected chi connectivity index (χ4v) is 4.64. The lowest BCUT2D eigenvalue weighted by Gasteiger charge is -2.32. The van der Waals surface area contributed by atoms with E-state index in [0.29, 0.717) is 18.1 Å². The Morgan fingerprint density at radius 2 is 1.85 bits per heavy atom. The lowest BCUT2D eigenvalue weighted by atomic mass is 10.0. The fourth-order valence-electron chi connectivity index (χ4n) is 2.18. The first-order chi connectivity index (χ1) is 12.7. The second-order valence-corrected chi connectivity index (χ2v) is 9.50. The van der Waals surface area contributed by atoms with Crippen LogP contribution in [0.4, 0.5) is 0 Å². The maximum Gasteiger partial charge on any atom is 0.325 e. The van der Waals surface area contributed by atoms with Crippen molar-refractivity contribution < 1.29 is 32.5 Å². The highest BCUT2D eigenvalue weighted by molar-refractivity contribution is 8.00. The second-order valence-electron chi connectivity index (χ2n) is 6.04. The number of benzene rings is 1. The third kappa shape index (κ3) is 7.30. The molecule has 1 rings (SSSR count). The number of hydrogen-bond donors (Lipinski definition) is 2. The summed E-state index contributed by atoms with van der Waals surface area (Å²) in [6.07, 6.45) is 0. The molecule has 10 heteroatoms. The minimum Gasteiger partial charge on any atom is -0.497 e. The van der Waals surface area contributed by atoms with E-state index in [1.807, 2.05) is 0 Å². The van der Waals surface area contributed by atoms with E-state index in [1.54, 1.807) is 13.8 Å². The summed E-state index contributed by atoms with van der Waals surface area (Å²) in [6.45, 7) is 4.03. The Hall–Kier alpha value is -1.33. The van der Waals surface area contributed by atoms with E-state index in [-0.39, 0.29) is 18.1 Å². The van der Waals surface area contributed by atoms with Crippen LogP contribution < -0.4 is 9.46 Å². The highest BCUT2D eigenvalue weighted by Gasteiger charge is 2.39. The number of aliphatic hydroxyl groups is 1. The first kappa shape index (κ1) is 23.7. The van der Waals surface area contributed by atoms with Gasteiger partial charge in [-0.1, -0.05) is 0 Å². The second kappa shape index (κ2) is 10.9. The van der Waals surface area contributed by atoms with E-state index < -0.39 is 26.8 Å². The van der Waals surface area contributed by atoms with Gasteiger partial charge in [0.05, 0.1) is 38.9 Å². The Morgan fingerprint density at radius 1 is 1.22 bits per heavy atom. The first-order valence-electron chi connectivity index (χ1n) is 8.24. The van der Waals surface area contributed by atoms with Crippen LogP contribution in [0.25, 0.3) is 0 Å². The summed E-state index contributed by atoms with van der Waals surface area (Å²) in [4.78, 5) is 12.3. The third-order valence-electron chi connectivity index (χ3n) is 3.71. The Balaban J connectivity index is 2.93. The molecule has 0 amide bonds. The smallest absolute Gasteiger partial charge is 0.325 e. The quantitative estimate of drug-likeness (QED) is 0.380. The van der Waals surface area contributed by atoms with Gasteiger partial charge in [0.2, 0.25) is 10.0 Å². The zero-order chi connectivity index (χ0) is 20.5. The van der Waals surface area contributed by atoms with E-state index in [0.717, 1.165) is 0 Å². The number of ether oxygens (including phenoxy) is 3. The number of sulfonamides is 1. The molecule has 0 heterocycles. The van der Waals surface area contributed by atoms with Crippen molar-refractivity contribution in [1.29, 1.82) is 0 Å². The molecular formula is C17H27NO7S2. The van der Waals surface area contributed by atoms with Crippen molar-refractivity contribution in [3.8, 4) is 5.75 Å². The third-order valence-corrected chi connectivity index (χ3v) is 6.50. The van der Waals surface area contributed by atoms with E-state index >= 15 is 0 Å². The number of thioether (sulfide) groups is 1. The van der Waals surface area contributed by atoms with Gasteiger partial charge in [0.25, 0.3) is 0 Å². The van der Waals surface area contributed by atoms with Crippen LogP contribution in [-0.2, 0) is 24.3 Å². The summed E-state index contributed by atoms with van der Waals surface area (Å²) in [5.41, 5.74) is 0. The zero-order valence-corrected chi connectivity index (χ0v) is 17.6. The van der Waals surface area contributed by atoms with Gasteiger partial charge in [-0.15, -0.1) is 0 Å². The molecule has 0 unspecified atom stereocenters. The van der Waals surface area contributed by atoms with Crippen LogP contribution in [0.2, 0.25) is 0 Å². The molecule has 8 nitrogen and oxygen atoms in total. The van der Waals surface area contributed by atoms with Crippen molar-refractivity contribution in [2.24, 2.45) is 0 Å². The highest BCUT2D eigenvalue weighted by Crippen LogP contribution is 2.30. The average Bonchev–Trinajstić information content (AvgIpc) is 2.65. The van der Waals surface area contributed by atoms with Gasteiger partial charge in [-0.05, 0) is 38.1 Å². The Labute approximate surface area is 164 Å². The summed E-state index contributed by atoms with van der Waals surface area (Å²) in [5.74, 6) is 0.364. The molecule has 0 aliphatic rings. The Kier molecular flexibility index (Phi) is 9.54. The largest absolute Gasteiger partial charge is 0.497 e. The molecule has 0 saturated heterocycles. The standard InChI is InChI=1S/C17H27NO7S2/c1-17(2,26-12-11-25-10-9-19)15(16(20)24-4)18-27(21,22)14-7-5-13(23-3)6-8-14/h5-8,15,18-19H,9-12H2,1-4H3/t15-/m0/s1. The average molecular weight is 422 g/mol. The maximum atomic E-state index is 12.7. The van der Waals surface area contributed by atoms with Gasteiger partial charge < -0.3 is 19.3 Å². The summed E-state index contributed by atoms with van der Waals surface area (Å²) >= 11 is 1.37. The van der Waals surface area contributed by atoms with Crippen molar-refractivity contribution >= 4 is 27.8 Å². The Morgan fingerprint density at radius 3 is 2.37 bits per heavy atom. The fraction of sp³-hybridized carbons (Fsp3) is 0.588. The normalized spacial score (nSPS) is 13.2. The molecule has 1 aromatic rings. The van der Waals surface area contributed by atoms with Crippen molar-refractivity contribution in [2.75, 3.05) is 39.8 Å². The number of aliphatic hydroxyl groups excluding tert-OH is 1. The molecule has 0 aliphatic carbocycles. The molecule has 2 N–H and O–H groups in total. The highest BCUT2D eigenvalue weighted by atomic mass is 32.2. The predicted octanol–water partition coefficient (Wildman–Crippen LogP) is 1.04. The van der Waals surface area contributed by atoms with Gasteiger partial charge in [0.15, 0.2) is 0 Å². The van der Waals surface area contributed by atoms with Crippen LogP contribution in [0.5, 0.6) is 5.75 Å². The SMILES string of the molecule is COC(=O)[C@H](NS(=O)(=O)c1ccc(OC)cc1)C(C)(C)SCCOCCO. The molecule has 0 aromatic heterocycles. The topological polar surface area (TPSA) is 111 Å². The van der Waals surface area contributed by atoms with E-state index in [9.17, 15) is 13.2 Å². The van der Waals surface area contributed by atoms with Crippen LogP contribution in [0, 0.1) is 0 Å². The number of esters is 1. The number of hydrogen-bond acceptors (Lipinski definition) is 8. The monoisotopic (exact) mass is 421 g/mol. The van der Waals surface area contributed by atoms with Gasteiger partial charge in [0.1, 0.15) is 11.8 Å². The van der Waals surface area contributed by atoms with Gasteiger partial charge in [0, 0.05) is 10.5 Å². The Bertz CT molecular complexity index is 690. The predicted molar refractivity (Wildman–Crippen MR) is 104 cm³/mol. The van der Waals surface area contributed by atoms with Crippen molar-refractivity contribution in [2.45, 2.75) is 29.5 Å². The number of carbonyl (C=O) groups is 1. The van der Waals surface area contributed by atoms with Gasteiger partial charge in [-0.3, -0.25) is 4.79 Å². The number of rotatable bonds is 12. The number of carbonyl (C=O) groups excluding carboxylic acids is 1. The molecular weight excluding hydrogens is 394 g/mol. The number of methoxy groups -OCH3 is 2. The zero-order valence-electron chi connectivity index (χ0n) is 15.9. The molecule has 1 aromatic carbocycles. The molecule has 154 valence electrons. The summed E-state index contributed by atoms with van der Waals surface area (Å²) < 4.78 is 42.1. The molecule has 0 aliphatic heterocycles. The van der Waals surface area contributed by atoms with E-state index in [1.165, 1.54) is 50.2 Å². The van der Waals surface area contributed by atoms with E-state index in [4.69, 9.17) is 19.3 Å². The van der Waals surface area contributed by atoms with Crippen molar-refractivity contribution in [1.82, 2.24) is 4.72 Å². The number of nitrogens with one attached hydrogen (secondary N) is 1. The molecule has 1 atom stereocenters. The minimum absolute atomic E-state index is 0.0179. The molecule has 0 fully saturated rings. The van der Waals surface area contributed by atoms with Gasteiger partial charge in [-0.2, -0.15) is 16.5 Å². The maximum absolute atomic E-state index is 12.7. The lowest BCUT2D eigenvalue weighted by Crippen LogP contribution is -2.53. The molecule has 0 saturated carbocycles. The van der Waals surface area contributed by atoms with Gasteiger partial charge in [-0.25, -0.2) is 8.42 Å². The van der Waals surface area contributed by atoms with Crippen LogP contribution in [0.15, 0.2) is 29.2 Å².